The van der Waals surface area contributed by atoms with Crippen molar-refractivity contribution in [2.45, 2.75) is 0 Å². The number of hydrogen-bond donors (Lipinski definition) is 0. The molecule has 0 amide bonds. The predicted molar refractivity (Wildman–Crippen MR) is 67.0 cm³/mol. The molecule has 3 aliphatic rings. The van der Waals surface area contributed by atoms with Crippen molar-refractivity contribution in [3.05, 3.63) is 12.7 Å². The minimum absolute atomic E-state index is 0.420. The van der Waals surface area contributed by atoms with Crippen LogP contribution < -0.4 is 0 Å². The van der Waals surface area contributed by atoms with E-state index in [2.05, 4.69) is 11.5 Å². The Balaban J connectivity index is 1.80. The Morgan fingerprint density at radius 1 is 1.06 bits per heavy atom. The fourth-order valence-corrected chi connectivity index (χ4v) is 3.73. The van der Waals surface area contributed by atoms with Crippen LogP contribution in [-0.4, -0.2) is 73.2 Å². The second-order valence-corrected chi connectivity index (χ2v) is 6.25. The van der Waals surface area contributed by atoms with Crippen molar-refractivity contribution >= 4 is 9.05 Å². The summed E-state index contributed by atoms with van der Waals surface area (Å²) in [7, 11) is -2.92. The second kappa shape index (κ2) is 7.34. The number of ether oxygens (including phenoxy) is 1. The van der Waals surface area contributed by atoms with Gasteiger partial charge in [-0.1, -0.05) is 6.08 Å². The highest BCUT2D eigenvalue weighted by molar-refractivity contribution is 6.53. The molecule has 2 bridgehead atoms. The molecule has 0 aromatic rings. The van der Waals surface area contributed by atoms with Gasteiger partial charge < -0.3 is 22.4 Å². The zero-order chi connectivity index (χ0) is 12.7. The number of nitrogens with zero attached hydrogens (tertiary/aromatic N) is 1. The maximum atomic E-state index is 5.71. The van der Waals surface area contributed by atoms with Crippen molar-refractivity contribution in [1.82, 2.24) is 4.90 Å². The number of hydrogen-bond acceptors (Lipinski definition) is 6. The Morgan fingerprint density at radius 3 is 2.22 bits per heavy atom. The average molecular weight is 275 g/mol. The molecule has 0 radical (unpaired) electrons. The fraction of sp³-hybridized carbons (Fsp3) is 0.818. The first-order chi connectivity index (χ1) is 8.85. The molecule has 0 aliphatic carbocycles. The molecule has 0 atom stereocenters. The minimum Gasteiger partial charge on any atom is -0.375 e. The lowest BCUT2D eigenvalue weighted by molar-refractivity contribution is -0.0798. The van der Waals surface area contributed by atoms with E-state index >= 15 is 0 Å². The molecule has 0 saturated carbocycles. The summed E-state index contributed by atoms with van der Waals surface area (Å²) in [6, 6.07) is 0. The molecule has 3 aliphatic heterocycles. The van der Waals surface area contributed by atoms with Crippen molar-refractivity contribution in [3.63, 3.8) is 0 Å². The lowest BCUT2D eigenvalue weighted by Gasteiger charge is -2.36. The van der Waals surface area contributed by atoms with Crippen molar-refractivity contribution in [2.75, 3.05) is 59.3 Å². The first-order valence-corrected chi connectivity index (χ1v) is 7.95. The molecular formula is C11H21NO5Si. The monoisotopic (exact) mass is 275 g/mol. The molecule has 3 fully saturated rings. The van der Waals surface area contributed by atoms with Gasteiger partial charge in [-0.3, -0.25) is 4.90 Å². The van der Waals surface area contributed by atoms with E-state index in [9.17, 15) is 0 Å². The van der Waals surface area contributed by atoms with Crippen LogP contribution in [0.1, 0.15) is 0 Å². The second-order valence-electron chi connectivity index (χ2n) is 4.10. The first-order valence-electron chi connectivity index (χ1n) is 6.31. The van der Waals surface area contributed by atoms with Gasteiger partial charge in [0.1, 0.15) is 0 Å². The summed E-state index contributed by atoms with van der Waals surface area (Å²) < 4.78 is 28.1. The molecule has 3 heterocycles. The van der Waals surface area contributed by atoms with Gasteiger partial charge in [-0.15, -0.1) is 6.58 Å². The molecule has 0 unspecified atom stereocenters. The van der Waals surface area contributed by atoms with Gasteiger partial charge in [-0.2, -0.15) is 0 Å². The Labute approximate surface area is 109 Å². The minimum atomic E-state index is -2.92. The number of fused-ring (bicyclic) bond motifs is 6. The standard InChI is InChI=1S/C11H21NO5Si/c1-2-6-13-10-11-17-18-14-7-3-12(4-8-15-18)5-9-16-18/h2H,1,3-11H2. The Bertz CT molecular complexity index is 239. The third kappa shape index (κ3) is 4.13. The van der Waals surface area contributed by atoms with E-state index in [0.29, 0.717) is 39.6 Å². The molecule has 18 heavy (non-hydrogen) atoms. The smallest absolute Gasteiger partial charge is 0.375 e. The summed E-state index contributed by atoms with van der Waals surface area (Å²) in [4.78, 5) is 2.27. The van der Waals surface area contributed by atoms with Gasteiger partial charge >= 0.3 is 9.05 Å². The van der Waals surface area contributed by atoms with Gasteiger partial charge in [-0.05, 0) is 0 Å². The molecule has 3 rings (SSSR count). The van der Waals surface area contributed by atoms with Crippen LogP contribution in [0.2, 0.25) is 0 Å². The van der Waals surface area contributed by atoms with Gasteiger partial charge in [0.15, 0.2) is 0 Å². The van der Waals surface area contributed by atoms with Crippen molar-refractivity contribution in [2.24, 2.45) is 0 Å². The van der Waals surface area contributed by atoms with Crippen LogP contribution in [0.15, 0.2) is 12.7 Å². The zero-order valence-corrected chi connectivity index (χ0v) is 11.6. The topological polar surface area (TPSA) is 49.4 Å². The van der Waals surface area contributed by atoms with Crippen LogP contribution in [0, 0.1) is 0 Å². The van der Waals surface area contributed by atoms with Gasteiger partial charge in [0, 0.05) is 19.6 Å². The molecule has 104 valence electrons. The summed E-state index contributed by atoms with van der Waals surface area (Å²) in [5.74, 6) is 0. The van der Waals surface area contributed by atoms with Crippen LogP contribution in [-0.2, 0) is 22.4 Å². The van der Waals surface area contributed by atoms with Crippen LogP contribution in [0.4, 0.5) is 0 Å². The third-order valence-corrected chi connectivity index (χ3v) is 5.03. The summed E-state index contributed by atoms with van der Waals surface area (Å²) in [5.41, 5.74) is 0. The van der Waals surface area contributed by atoms with Crippen molar-refractivity contribution in [1.29, 1.82) is 0 Å². The summed E-state index contributed by atoms with van der Waals surface area (Å²) in [5, 5.41) is 0. The lowest BCUT2D eigenvalue weighted by atomic mass is 10.4. The highest BCUT2D eigenvalue weighted by Gasteiger charge is 2.47. The van der Waals surface area contributed by atoms with Crippen LogP contribution >= 0.6 is 0 Å². The van der Waals surface area contributed by atoms with E-state index in [0.717, 1.165) is 19.6 Å². The van der Waals surface area contributed by atoms with E-state index in [4.69, 9.17) is 22.4 Å². The molecular weight excluding hydrogens is 254 g/mol. The molecule has 0 N–H and O–H groups in total. The fourth-order valence-electron chi connectivity index (χ4n) is 1.88. The summed E-state index contributed by atoms with van der Waals surface area (Å²) in [6.45, 7) is 9.55. The Morgan fingerprint density at radius 2 is 1.67 bits per heavy atom. The van der Waals surface area contributed by atoms with Gasteiger partial charge in [0.05, 0.1) is 39.6 Å². The van der Waals surface area contributed by atoms with Crippen LogP contribution in [0.25, 0.3) is 0 Å². The predicted octanol–water partition coefficient (Wildman–Crippen LogP) is 0.0202. The third-order valence-electron chi connectivity index (χ3n) is 2.80. The molecule has 0 aromatic heterocycles. The quantitative estimate of drug-likeness (QED) is 0.387. The number of rotatable bonds is 6. The highest BCUT2D eigenvalue weighted by atomic mass is 28.4. The van der Waals surface area contributed by atoms with Crippen molar-refractivity contribution in [3.8, 4) is 0 Å². The van der Waals surface area contributed by atoms with E-state index in [-0.39, 0.29) is 0 Å². The average Bonchev–Trinajstić information content (AvgIpc) is 2.29. The molecule has 7 heteroatoms. The highest BCUT2D eigenvalue weighted by Crippen LogP contribution is 2.16. The van der Waals surface area contributed by atoms with E-state index < -0.39 is 9.05 Å². The normalized spacial score (nSPS) is 32.6. The SMILES string of the molecule is C=CCOCCO[Si]12OCCN(CCO1)CCO2. The molecule has 0 spiro atoms. The van der Waals surface area contributed by atoms with E-state index in [1.807, 2.05) is 0 Å². The van der Waals surface area contributed by atoms with Crippen LogP contribution in [0.3, 0.4) is 0 Å². The molecule has 6 nitrogen and oxygen atoms in total. The van der Waals surface area contributed by atoms with Gasteiger partial charge in [0.2, 0.25) is 0 Å². The van der Waals surface area contributed by atoms with E-state index in [1.165, 1.54) is 0 Å². The zero-order valence-electron chi connectivity index (χ0n) is 10.6. The van der Waals surface area contributed by atoms with E-state index in [1.54, 1.807) is 6.08 Å². The van der Waals surface area contributed by atoms with Gasteiger partial charge in [0.25, 0.3) is 0 Å². The molecule has 0 aromatic carbocycles. The maximum Gasteiger partial charge on any atom is 0.679 e. The Hall–Kier alpha value is -0.283. The van der Waals surface area contributed by atoms with Crippen molar-refractivity contribution < 1.29 is 22.4 Å². The lowest BCUT2D eigenvalue weighted by Crippen LogP contribution is -2.57. The van der Waals surface area contributed by atoms with Gasteiger partial charge in [-0.25, -0.2) is 0 Å². The largest absolute Gasteiger partial charge is 0.679 e. The molecule has 3 saturated heterocycles. The maximum absolute atomic E-state index is 5.71. The van der Waals surface area contributed by atoms with Crippen LogP contribution in [0.5, 0.6) is 0 Å². The first kappa shape index (κ1) is 14.1. The summed E-state index contributed by atoms with van der Waals surface area (Å²) >= 11 is 0. The summed E-state index contributed by atoms with van der Waals surface area (Å²) in [6.07, 6.45) is 1.71. The Kier molecular flexibility index (Phi) is 5.76.